The Bertz CT molecular complexity index is 707. The van der Waals surface area contributed by atoms with Crippen molar-refractivity contribution >= 4 is 35.8 Å². The lowest BCUT2D eigenvalue weighted by Crippen LogP contribution is -2.44. The van der Waals surface area contributed by atoms with Crippen LogP contribution in [0.4, 0.5) is 0 Å². The number of aliphatic imine (C=N–C) groups is 1. The summed E-state index contributed by atoms with van der Waals surface area (Å²) in [7, 11) is 3.48. The molecule has 1 atom stereocenters. The second-order valence-electron chi connectivity index (χ2n) is 7.71. The molecule has 164 valence electrons. The number of rotatable bonds is 8. The van der Waals surface area contributed by atoms with E-state index in [0.29, 0.717) is 25.0 Å². The lowest BCUT2D eigenvalue weighted by molar-refractivity contribution is -0.127. The number of guanidine groups is 1. The Morgan fingerprint density at radius 1 is 1.34 bits per heavy atom. The maximum atomic E-state index is 11.9. The molecule has 2 rings (SSSR count). The first kappa shape index (κ1) is 25.3. The van der Waals surface area contributed by atoms with Crippen molar-refractivity contribution in [3.05, 3.63) is 23.3 Å². The molecule has 8 heteroatoms. The van der Waals surface area contributed by atoms with Crippen LogP contribution in [0.1, 0.15) is 38.8 Å². The number of hydrogen-bond donors (Lipinski definition) is 2. The third kappa shape index (κ3) is 7.91. The van der Waals surface area contributed by atoms with Gasteiger partial charge in [-0.25, -0.2) is 4.99 Å². The predicted molar refractivity (Wildman–Crippen MR) is 127 cm³/mol. The minimum Gasteiger partial charge on any atom is -0.494 e. The van der Waals surface area contributed by atoms with Crippen LogP contribution in [0.2, 0.25) is 0 Å². The number of nitrogens with one attached hydrogen (secondary N) is 2. The van der Waals surface area contributed by atoms with Crippen LogP contribution < -0.4 is 20.1 Å². The summed E-state index contributed by atoms with van der Waals surface area (Å²) < 4.78 is 11.7. The Kier molecular flexibility index (Phi) is 10.6. The normalized spacial score (nSPS) is 15.3. The van der Waals surface area contributed by atoms with Crippen molar-refractivity contribution in [2.75, 3.05) is 33.8 Å². The van der Waals surface area contributed by atoms with Crippen molar-refractivity contribution in [1.29, 1.82) is 0 Å². The Balaban J connectivity index is 0.00000420. The predicted octanol–water partition coefficient (Wildman–Crippen LogP) is 2.81. The average Bonchev–Trinajstić information content (AvgIpc) is 2.99. The molecule has 29 heavy (non-hydrogen) atoms. The number of nitrogens with zero attached hydrogens (tertiary/aromatic N) is 2. The van der Waals surface area contributed by atoms with E-state index < -0.39 is 0 Å². The topological polar surface area (TPSA) is 75.2 Å². The summed E-state index contributed by atoms with van der Waals surface area (Å²) in [5.41, 5.74) is 2.15. The fraction of sp³-hybridized carbons (Fsp3) is 0.619. The van der Waals surface area contributed by atoms with E-state index in [1.54, 1.807) is 19.0 Å². The molecule has 1 aliphatic rings. The van der Waals surface area contributed by atoms with Gasteiger partial charge in [0.1, 0.15) is 17.6 Å². The molecule has 0 aromatic heterocycles. The molecule has 1 heterocycles. The Morgan fingerprint density at radius 3 is 2.69 bits per heavy atom. The van der Waals surface area contributed by atoms with Crippen LogP contribution in [-0.4, -0.2) is 56.7 Å². The number of ether oxygens (including phenoxy) is 2. The van der Waals surface area contributed by atoms with Crippen LogP contribution in [0.25, 0.3) is 0 Å². The van der Waals surface area contributed by atoms with Gasteiger partial charge in [-0.15, -0.1) is 24.0 Å². The lowest BCUT2D eigenvalue weighted by Gasteiger charge is -2.16. The monoisotopic (exact) mass is 518 g/mol. The van der Waals surface area contributed by atoms with Gasteiger partial charge in [-0.3, -0.25) is 4.79 Å². The highest BCUT2D eigenvalue weighted by molar-refractivity contribution is 14.0. The van der Waals surface area contributed by atoms with E-state index in [2.05, 4.69) is 42.5 Å². The van der Waals surface area contributed by atoms with Gasteiger partial charge in [0.25, 0.3) is 0 Å². The largest absolute Gasteiger partial charge is 0.494 e. The molecule has 1 unspecified atom stereocenters. The van der Waals surface area contributed by atoms with E-state index in [1.165, 1.54) is 5.56 Å². The Morgan fingerprint density at radius 2 is 2.07 bits per heavy atom. The average molecular weight is 518 g/mol. The van der Waals surface area contributed by atoms with Crippen molar-refractivity contribution < 1.29 is 14.3 Å². The molecule has 0 saturated heterocycles. The zero-order valence-electron chi connectivity index (χ0n) is 18.4. The third-order valence-corrected chi connectivity index (χ3v) is 4.37. The molecule has 1 aliphatic heterocycles. The maximum absolute atomic E-state index is 11.9. The lowest BCUT2D eigenvalue weighted by atomic mass is 10.1. The molecular formula is C21H35IN4O3. The molecule has 7 nitrogen and oxygen atoms in total. The van der Waals surface area contributed by atoms with Crippen molar-refractivity contribution in [3.8, 4) is 11.5 Å². The van der Waals surface area contributed by atoms with E-state index in [0.717, 1.165) is 30.0 Å². The number of hydrogen-bond acceptors (Lipinski definition) is 4. The fourth-order valence-electron chi connectivity index (χ4n) is 2.85. The second-order valence-corrected chi connectivity index (χ2v) is 7.71. The van der Waals surface area contributed by atoms with Gasteiger partial charge in [-0.05, 0) is 31.9 Å². The quantitative estimate of drug-likeness (QED) is 0.315. The van der Waals surface area contributed by atoms with Gasteiger partial charge in [-0.1, -0.05) is 13.8 Å². The summed E-state index contributed by atoms with van der Waals surface area (Å²) in [5.74, 6) is 2.82. The van der Waals surface area contributed by atoms with Crippen LogP contribution in [0.15, 0.2) is 17.1 Å². The van der Waals surface area contributed by atoms with Crippen LogP contribution in [0.3, 0.4) is 0 Å². The third-order valence-electron chi connectivity index (χ3n) is 4.37. The first-order valence-electron chi connectivity index (χ1n) is 9.97. The van der Waals surface area contributed by atoms with Gasteiger partial charge < -0.3 is 25.0 Å². The highest BCUT2D eigenvalue weighted by atomic mass is 127. The van der Waals surface area contributed by atoms with Crippen molar-refractivity contribution in [1.82, 2.24) is 15.5 Å². The molecule has 1 amide bonds. The molecule has 0 radical (unpaired) electrons. The molecule has 1 aromatic carbocycles. The summed E-state index contributed by atoms with van der Waals surface area (Å²) in [4.78, 5) is 18.1. The molecule has 0 aliphatic carbocycles. The van der Waals surface area contributed by atoms with E-state index in [4.69, 9.17) is 9.47 Å². The number of fused-ring (bicyclic) bond motifs is 1. The Labute approximate surface area is 191 Å². The molecular weight excluding hydrogens is 483 g/mol. The summed E-state index contributed by atoms with van der Waals surface area (Å²) in [5, 5.41) is 6.40. The summed E-state index contributed by atoms with van der Waals surface area (Å²) in [6, 6.07) is 4.09. The first-order valence-corrected chi connectivity index (χ1v) is 9.97. The van der Waals surface area contributed by atoms with Crippen LogP contribution in [0.5, 0.6) is 11.5 Å². The van der Waals surface area contributed by atoms with Gasteiger partial charge in [0.05, 0.1) is 19.7 Å². The van der Waals surface area contributed by atoms with Crippen molar-refractivity contribution in [2.24, 2.45) is 10.9 Å². The maximum Gasteiger partial charge on any atom is 0.241 e. The van der Waals surface area contributed by atoms with Gasteiger partial charge >= 0.3 is 0 Å². The molecule has 0 spiro atoms. The van der Waals surface area contributed by atoms with Gasteiger partial charge in [0.15, 0.2) is 5.96 Å². The number of benzene rings is 1. The first-order chi connectivity index (χ1) is 13.3. The second kappa shape index (κ2) is 12.1. The zero-order valence-corrected chi connectivity index (χ0v) is 20.7. The number of amides is 1. The molecule has 1 aromatic rings. The molecule has 2 N–H and O–H groups in total. The number of carbonyl (C=O) groups is 1. The van der Waals surface area contributed by atoms with Crippen LogP contribution >= 0.6 is 24.0 Å². The van der Waals surface area contributed by atoms with E-state index in [1.807, 2.05) is 13.0 Å². The Hall–Kier alpha value is -1.71. The summed E-state index contributed by atoms with van der Waals surface area (Å²) in [6.07, 6.45) is 1.08. The highest BCUT2D eigenvalue weighted by Gasteiger charge is 2.21. The van der Waals surface area contributed by atoms with Gasteiger partial charge in [0, 0.05) is 38.2 Å². The number of halogens is 1. The molecule has 0 fully saturated rings. The van der Waals surface area contributed by atoms with Crippen molar-refractivity contribution in [3.63, 3.8) is 0 Å². The van der Waals surface area contributed by atoms with Crippen LogP contribution in [-0.2, 0) is 17.8 Å². The van der Waals surface area contributed by atoms with E-state index in [9.17, 15) is 4.79 Å². The minimum absolute atomic E-state index is 0. The molecule has 0 bridgehead atoms. The number of likely N-dealkylation sites (N-methyl/N-ethyl adjacent to an activating group) is 1. The summed E-state index contributed by atoms with van der Waals surface area (Å²) in [6.45, 7) is 10.3. The highest BCUT2D eigenvalue weighted by Crippen LogP contribution is 2.35. The fourth-order valence-corrected chi connectivity index (χ4v) is 2.85. The zero-order chi connectivity index (χ0) is 20.7. The van der Waals surface area contributed by atoms with Crippen LogP contribution in [0, 0.1) is 5.92 Å². The smallest absolute Gasteiger partial charge is 0.241 e. The number of carbonyl (C=O) groups excluding carboxylic acids is 1. The van der Waals surface area contributed by atoms with Gasteiger partial charge in [0.2, 0.25) is 5.91 Å². The van der Waals surface area contributed by atoms with E-state index in [-0.39, 0.29) is 42.5 Å². The van der Waals surface area contributed by atoms with Crippen molar-refractivity contribution in [2.45, 2.75) is 46.8 Å². The SMILES string of the molecule is CCOc1cc2c(cc1CN=C(NCC(=O)N(C)C)NCC(C)C)OC(C)C2.I. The molecule has 0 saturated carbocycles. The minimum atomic E-state index is -0.00558. The van der Waals surface area contributed by atoms with E-state index >= 15 is 0 Å². The van der Waals surface area contributed by atoms with Gasteiger partial charge in [-0.2, -0.15) is 0 Å². The standard InChI is InChI=1S/C21H34N4O3.HI/c1-7-27-18-9-16-8-15(4)28-19(16)10-17(18)12-23-21(22-11-14(2)3)24-13-20(26)25(5)6;/h9-10,14-15H,7-8,11-13H2,1-6H3,(H2,22,23,24);1H. The summed E-state index contributed by atoms with van der Waals surface area (Å²) >= 11 is 0.